The Balaban J connectivity index is 0. The van der Waals surface area contributed by atoms with Crippen molar-refractivity contribution in [1.82, 2.24) is 0 Å². The molecule has 0 amide bonds. The van der Waals surface area contributed by atoms with Crippen molar-refractivity contribution in [3.8, 4) is 0 Å². The molecule has 0 heterocycles. The summed E-state index contributed by atoms with van der Waals surface area (Å²) >= 11 is 0. The summed E-state index contributed by atoms with van der Waals surface area (Å²) in [5.41, 5.74) is 0. The van der Waals surface area contributed by atoms with Gasteiger partial charge in [-0.25, -0.2) is 0 Å². The summed E-state index contributed by atoms with van der Waals surface area (Å²) in [4.78, 5) is 0. The standard InChI is InChI=1S/Eu.La.Y.Zr. The van der Waals surface area contributed by atoms with Crippen molar-refractivity contribution >= 4 is 0 Å². The first-order valence-corrected chi connectivity index (χ1v) is 0. The third-order valence-electron chi connectivity index (χ3n) is 0. The van der Waals surface area contributed by atoms with Gasteiger partial charge >= 0.3 is 0 Å². The van der Waals surface area contributed by atoms with Crippen LogP contribution in [0.2, 0.25) is 0 Å². The Morgan fingerprint density at radius 1 is 1.00 bits per heavy atom. The first-order valence-electron chi connectivity index (χ1n) is 0. The van der Waals surface area contributed by atoms with Crippen LogP contribution in [0, 0.1) is 85.0 Å². The van der Waals surface area contributed by atoms with Crippen LogP contribution in [0.3, 0.4) is 0 Å². The summed E-state index contributed by atoms with van der Waals surface area (Å²) in [6, 6.07) is 0. The molecule has 0 fully saturated rings. The molecule has 0 saturated heterocycles. The van der Waals surface area contributed by atoms with Crippen molar-refractivity contribution in [3.63, 3.8) is 0 Å². The Bertz CT molecular complexity index is 8.00. The molecule has 0 aromatic rings. The van der Waals surface area contributed by atoms with Gasteiger partial charge in [0.1, 0.15) is 0 Å². The molecule has 4 heavy (non-hydrogen) atoms. The van der Waals surface area contributed by atoms with E-state index in [-0.39, 0.29) is 144 Å². The van der Waals surface area contributed by atoms with Gasteiger partial charge in [-0.05, 0) is 0 Å². The summed E-state index contributed by atoms with van der Waals surface area (Å²) in [5.74, 6) is 0. The zero-order chi connectivity index (χ0) is 0. The van der Waals surface area contributed by atoms with E-state index in [1.165, 1.54) is 0 Å². The summed E-state index contributed by atoms with van der Waals surface area (Å²) in [5, 5.41) is 0. The maximum Gasteiger partial charge on any atom is 0 e. The zero-order valence-corrected chi connectivity index (χ0v) is 13.4. The Kier molecular flexibility index (Phi) is 91.1. The van der Waals surface area contributed by atoms with Crippen LogP contribution < -0.4 is 0 Å². The van der Waals surface area contributed by atoms with Crippen molar-refractivity contribution in [2.24, 2.45) is 0 Å². The van der Waals surface area contributed by atoms with Crippen molar-refractivity contribution in [2.45, 2.75) is 0 Å². The molecule has 0 spiro atoms. The third-order valence-corrected chi connectivity index (χ3v) is 0. The molecule has 0 nitrogen and oxygen atoms in total. The average molecular weight is 471 g/mol. The smallest absolute Gasteiger partial charge is 0 e. The summed E-state index contributed by atoms with van der Waals surface area (Å²) in [7, 11) is 0. The molecule has 0 aromatic carbocycles. The first-order chi connectivity index (χ1) is 0. The second-order valence-corrected chi connectivity index (χ2v) is 0. The van der Waals surface area contributed by atoms with Crippen LogP contribution in [0.4, 0.5) is 0 Å². The van der Waals surface area contributed by atoms with Crippen LogP contribution >= 0.6 is 0 Å². The molecule has 3 radical (unpaired) electrons. The maximum atomic E-state index is 0. The van der Waals surface area contributed by atoms with E-state index in [0.29, 0.717) is 0 Å². The van der Waals surface area contributed by atoms with Gasteiger partial charge in [-0.1, -0.05) is 0 Å². The first kappa shape index (κ1) is 23.3. The molecule has 0 aliphatic carbocycles. The van der Waals surface area contributed by atoms with Gasteiger partial charge in [0.15, 0.2) is 0 Å². The van der Waals surface area contributed by atoms with E-state index in [1.54, 1.807) is 0 Å². The molecule has 0 aliphatic heterocycles. The summed E-state index contributed by atoms with van der Waals surface area (Å²) in [6.45, 7) is 0. The van der Waals surface area contributed by atoms with E-state index >= 15 is 0 Å². The fourth-order valence-electron chi connectivity index (χ4n) is 0. The molecule has 0 N–H and O–H groups in total. The molecular formula is EuLaYZr. The van der Waals surface area contributed by atoms with Gasteiger partial charge in [-0.3, -0.25) is 0 Å². The van der Waals surface area contributed by atoms with Crippen LogP contribution in [-0.4, -0.2) is 0 Å². The van der Waals surface area contributed by atoms with E-state index in [0.717, 1.165) is 0 Å². The van der Waals surface area contributed by atoms with Crippen molar-refractivity contribution in [2.75, 3.05) is 0 Å². The van der Waals surface area contributed by atoms with E-state index in [9.17, 15) is 0 Å². The molecule has 0 unspecified atom stereocenters. The Hall–Kier alpha value is 4.77. The van der Waals surface area contributed by atoms with Gasteiger partial charge in [0, 0.05) is 144 Å². The third kappa shape index (κ3) is 9.90. The summed E-state index contributed by atoms with van der Waals surface area (Å²) in [6.07, 6.45) is 0. The molecule has 4 heteroatoms. The number of hydrogen-bond acceptors (Lipinski definition) is 0. The molecule has 0 bridgehead atoms. The van der Waals surface area contributed by atoms with E-state index in [1.807, 2.05) is 0 Å². The van der Waals surface area contributed by atoms with E-state index < -0.39 is 0 Å². The Morgan fingerprint density at radius 3 is 1.00 bits per heavy atom. The van der Waals surface area contributed by atoms with Crippen LogP contribution in [0.15, 0.2) is 0 Å². The van der Waals surface area contributed by atoms with Gasteiger partial charge in [0.2, 0.25) is 0 Å². The van der Waals surface area contributed by atoms with Gasteiger partial charge in [0.25, 0.3) is 0 Å². The molecule has 0 aliphatic rings. The minimum Gasteiger partial charge on any atom is 0 e. The fourth-order valence-corrected chi connectivity index (χ4v) is 0. The second kappa shape index (κ2) is 15.7. The maximum absolute atomic E-state index is 0. The van der Waals surface area contributed by atoms with Crippen molar-refractivity contribution < 1.29 is 144 Å². The summed E-state index contributed by atoms with van der Waals surface area (Å²) < 4.78 is 0. The van der Waals surface area contributed by atoms with Crippen LogP contribution in [0.1, 0.15) is 0 Å². The molecular weight excluding hydrogens is 471 g/mol. The SMILES string of the molecule is [Eu].[La].[Y].[Zr]. The molecule has 0 aromatic heterocycles. The monoisotopic (exact) mass is 471 g/mol. The van der Waals surface area contributed by atoms with Gasteiger partial charge in [-0.15, -0.1) is 0 Å². The zero-order valence-electron chi connectivity index (χ0n) is 2.03. The predicted molar refractivity (Wildman–Crippen MR) is 0 cm³/mol. The predicted octanol–water partition coefficient (Wildman–Crippen LogP) is -0.00500. The van der Waals surface area contributed by atoms with Gasteiger partial charge < -0.3 is 0 Å². The van der Waals surface area contributed by atoms with Crippen LogP contribution in [0.25, 0.3) is 0 Å². The normalized spacial score (nSPS) is 0. The van der Waals surface area contributed by atoms with Crippen molar-refractivity contribution in [3.05, 3.63) is 0 Å². The molecule has 0 saturated carbocycles. The van der Waals surface area contributed by atoms with E-state index in [4.69, 9.17) is 0 Å². The van der Waals surface area contributed by atoms with Gasteiger partial charge in [-0.2, -0.15) is 0 Å². The molecule has 0 rings (SSSR count). The van der Waals surface area contributed by atoms with Crippen LogP contribution in [0.5, 0.6) is 0 Å². The average Bonchev–Trinajstić information content (AvgIpc) is 0. The number of rotatable bonds is 0. The minimum atomic E-state index is 0. The Morgan fingerprint density at radius 2 is 1.00 bits per heavy atom. The van der Waals surface area contributed by atoms with Gasteiger partial charge in [0.05, 0.1) is 0 Å². The fraction of sp³-hybridized carbons (Fsp3) is 0. The van der Waals surface area contributed by atoms with Crippen molar-refractivity contribution in [1.29, 1.82) is 0 Å². The van der Waals surface area contributed by atoms with E-state index in [2.05, 4.69) is 0 Å². The Labute approximate surface area is 139 Å². The quantitative estimate of drug-likeness (QED) is 0.467. The molecule has 17 valence electrons. The second-order valence-electron chi connectivity index (χ2n) is 0. The molecule has 0 atom stereocenters. The topological polar surface area (TPSA) is 0 Å². The van der Waals surface area contributed by atoms with Crippen LogP contribution in [-0.2, 0) is 58.9 Å². The largest absolute Gasteiger partial charge is 0 e. The minimum absolute atomic E-state index is 0. The number of hydrogen-bond donors (Lipinski definition) is 0.